The number of carboxylic acids is 1. The third-order valence-corrected chi connectivity index (χ3v) is 1.81. The van der Waals surface area contributed by atoms with Crippen molar-refractivity contribution in [2.45, 2.75) is 6.54 Å². The molecule has 8 heteroatoms. The number of carbonyl (C=O) groups is 3. The zero-order valence-corrected chi connectivity index (χ0v) is 9.58. The van der Waals surface area contributed by atoms with E-state index in [-0.39, 0.29) is 6.54 Å². The van der Waals surface area contributed by atoms with Gasteiger partial charge in [0, 0.05) is 25.4 Å². The smallest absolute Gasteiger partial charge is 0.328 e. The standard InChI is InChI=1S/C10H12N4O4/c1-14-5-4-7(13-14)6-11-10(18)12-8(15)2-3-9(16)17/h2-5H,6H2,1H3,(H,16,17)(H2,11,12,15,18)/b3-2+. The van der Waals surface area contributed by atoms with Crippen LogP contribution in [-0.4, -0.2) is 32.8 Å². The lowest BCUT2D eigenvalue weighted by atomic mass is 10.4. The van der Waals surface area contributed by atoms with E-state index in [0.717, 1.165) is 6.08 Å². The van der Waals surface area contributed by atoms with E-state index in [9.17, 15) is 14.4 Å². The van der Waals surface area contributed by atoms with E-state index in [1.54, 1.807) is 24.0 Å². The molecular formula is C10H12N4O4. The summed E-state index contributed by atoms with van der Waals surface area (Å²) >= 11 is 0. The molecule has 0 saturated heterocycles. The van der Waals surface area contributed by atoms with Gasteiger partial charge in [0.05, 0.1) is 12.2 Å². The Morgan fingerprint density at radius 3 is 2.72 bits per heavy atom. The first kappa shape index (κ1) is 13.4. The lowest BCUT2D eigenvalue weighted by Gasteiger charge is -2.02. The largest absolute Gasteiger partial charge is 0.478 e. The van der Waals surface area contributed by atoms with Gasteiger partial charge in [0.15, 0.2) is 0 Å². The predicted molar refractivity (Wildman–Crippen MR) is 60.4 cm³/mol. The van der Waals surface area contributed by atoms with Gasteiger partial charge in [0.1, 0.15) is 0 Å². The van der Waals surface area contributed by atoms with Crippen molar-refractivity contribution in [2.75, 3.05) is 0 Å². The van der Waals surface area contributed by atoms with E-state index in [4.69, 9.17) is 5.11 Å². The number of aryl methyl sites for hydroxylation is 1. The number of carboxylic acid groups (broad SMARTS) is 1. The van der Waals surface area contributed by atoms with E-state index in [2.05, 4.69) is 10.4 Å². The third-order valence-electron chi connectivity index (χ3n) is 1.81. The molecule has 0 spiro atoms. The lowest BCUT2D eigenvalue weighted by Crippen LogP contribution is -2.38. The van der Waals surface area contributed by atoms with Gasteiger partial charge in [-0.05, 0) is 6.07 Å². The van der Waals surface area contributed by atoms with Gasteiger partial charge in [0.25, 0.3) is 5.91 Å². The van der Waals surface area contributed by atoms with Crippen molar-refractivity contribution in [1.82, 2.24) is 20.4 Å². The van der Waals surface area contributed by atoms with Crippen LogP contribution in [0.15, 0.2) is 24.4 Å². The van der Waals surface area contributed by atoms with E-state index in [1.165, 1.54) is 0 Å². The van der Waals surface area contributed by atoms with E-state index in [1.807, 2.05) is 5.32 Å². The second kappa shape index (κ2) is 6.18. The summed E-state index contributed by atoms with van der Waals surface area (Å²) in [5.41, 5.74) is 0.640. The molecule has 0 atom stereocenters. The molecule has 1 heterocycles. The molecule has 0 saturated carbocycles. The van der Waals surface area contributed by atoms with Crippen LogP contribution in [0.2, 0.25) is 0 Å². The summed E-state index contributed by atoms with van der Waals surface area (Å²) in [6, 6.07) is 0.993. The number of amides is 3. The molecule has 1 rings (SSSR count). The fourth-order valence-electron chi connectivity index (χ4n) is 1.07. The zero-order valence-electron chi connectivity index (χ0n) is 9.58. The van der Waals surface area contributed by atoms with Crippen molar-refractivity contribution < 1.29 is 19.5 Å². The van der Waals surface area contributed by atoms with Crippen molar-refractivity contribution in [2.24, 2.45) is 7.05 Å². The van der Waals surface area contributed by atoms with Crippen LogP contribution in [0.4, 0.5) is 4.79 Å². The molecule has 3 N–H and O–H groups in total. The monoisotopic (exact) mass is 252 g/mol. The first-order chi connectivity index (χ1) is 8.47. The maximum atomic E-state index is 11.2. The van der Waals surface area contributed by atoms with Gasteiger partial charge >= 0.3 is 12.0 Å². The van der Waals surface area contributed by atoms with Crippen LogP contribution in [0, 0.1) is 0 Å². The fraction of sp³-hybridized carbons (Fsp3) is 0.200. The number of rotatable bonds is 4. The number of imide groups is 1. The fourth-order valence-corrected chi connectivity index (χ4v) is 1.07. The summed E-state index contributed by atoms with van der Waals surface area (Å²) in [5.74, 6) is -2.07. The van der Waals surface area contributed by atoms with Crippen LogP contribution >= 0.6 is 0 Å². The molecule has 0 aliphatic carbocycles. The van der Waals surface area contributed by atoms with Crippen molar-refractivity contribution >= 4 is 17.9 Å². The number of aliphatic carboxylic acids is 1. The molecule has 1 aromatic rings. The Kier molecular flexibility index (Phi) is 4.61. The summed E-state index contributed by atoms with van der Waals surface area (Å²) in [6.45, 7) is 0.169. The minimum Gasteiger partial charge on any atom is -0.478 e. The summed E-state index contributed by atoms with van der Waals surface area (Å²) in [4.78, 5) is 32.4. The molecule has 3 amide bonds. The Bertz CT molecular complexity index is 492. The highest BCUT2D eigenvalue weighted by Crippen LogP contribution is 1.92. The lowest BCUT2D eigenvalue weighted by molar-refractivity contribution is -0.131. The van der Waals surface area contributed by atoms with Gasteiger partial charge in [-0.2, -0.15) is 5.10 Å². The van der Waals surface area contributed by atoms with Crippen molar-refractivity contribution in [3.63, 3.8) is 0 Å². The highest BCUT2D eigenvalue weighted by molar-refractivity contribution is 6.02. The average Bonchev–Trinajstić information content (AvgIpc) is 2.70. The first-order valence-corrected chi connectivity index (χ1v) is 4.95. The van der Waals surface area contributed by atoms with Crippen LogP contribution in [-0.2, 0) is 23.2 Å². The van der Waals surface area contributed by atoms with Gasteiger partial charge in [-0.25, -0.2) is 9.59 Å². The van der Waals surface area contributed by atoms with E-state index >= 15 is 0 Å². The van der Waals surface area contributed by atoms with Crippen LogP contribution < -0.4 is 10.6 Å². The van der Waals surface area contributed by atoms with E-state index < -0.39 is 17.9 Å². The minimum atomic E-state index is -1.26. The Morgan fingerprint density at radius 1 is 1.44 bits per heavy atom. The summed E-state index contributed by atoms with van der Waals surface area (Å²) in [5, 5.41) is 16.6. The zero-order chi connectivity index (χ0) is 13.5. The molecular weight excluding hydrogens is 240 g/mol. The topological polar surface area (TPSA) is 113 Å². The van der Waals surface area contributed by atoms with Gasteiger partial charge in [0.2, 0.25) is 0 Å². The minimum absolute atomic E-state index is 0.169. The normalized spacial score (nSPS) is 10.3. The molecule has 0 aliphatic heterocycles. The number of aromatic nitrogens is 2. The predicted octanol–water partition coefficient (Wildman–Crippen LogP) is -0.613. The number of nitrogens with zero attached hydrogens (tertiary/aromatic N) is 2. The summed E-state index contributed by atoms with van der Waals surface area (Å²) in [7, 11) is 1.74. The molecule has 0 radical (unpaired) electrons. The van der Waals surface area contributed by atoms with Crippen molar-refractivity contribution in [1.29, 1.82) is 0 Å². The van der Waals surface area contributed by atoms with Gasteiger partial charge < -0.3 is 10.4 Å². The Labute approximate surface area is 102 Å². The Hall–Kier alpha value is -2.64. The number of carbonyl (C=O) groups excluding carboxylic acids is 2. The van der Waals surface area contributed by atoms with Gasteiger partial charge in [-0.3, -0.25) is 14.8 Å². The Morgan fingerprint density at radius 2 is 2.17 bits per heavy atom. The second-order valence-corrected chi connectivity index (χ2v) is 3.32. The molecule has 1 aromatic heterocycles. The molecule has 0 aliphatic rings. The quantitative estimate of drug-likeness (QED) is 0.618. The van der Waals surface area contributed by atoms with Gasteiger partial charge in [-0.15, -0.1) is 0 Å². The number of nitrogens with one attached hydrogen (secondary N) is 2. The average molecular weight is 252 g/mol. The molecule has 0 bridgehead atoms. The maximum absolute atomic E-state index is 11.2. The van der Waals surface area contributed by atoms with E-state index in [0.29, 0.717) is 11.8 Å². The van der Waals surface area contributed by atoms with Gasteiger partial charge in [-0.1, -0.05) is 0 Å². The molecule has 0 unspecified atom stereocenters. The highest BCUT2D eigenvalue weighted by Gasteiger charge is 2.05. The maximum Gasteiger partial charge on any atom is 0.328 e. The van der Waals surface area contributed by atoms with Crippen LogP contribution in [0.1, 0.15) is 5.69 Å². The Balaban J connectivity index is 2.33. The summed E-state index contributed by atoms with van der Waals surface area (Å²) in [6.07, 6.45) is 3.11. The van der Waals surface area contributed by atoms with Crippen LogP contribution in [0.5, 0.6) is 0 Å². The first-order valence-electron chi connectivity index (χ1n) is 4.95. The second-order valence-electron chi connectivity index (χ2n) is 3.32. The molecule has 96 valence electrons. The molecule has 0 aromatic carbocycles. The number of urea groups is 1. The van der Waals surface area contributed by atoms with Crippen molar-refractivity contribution in [3.8, 4) is 0 Å². The van der Waals surface area contributed by atoms with Crippen molar-refractivity contribution in [3.05, 3.63) is 30.1 Å². The SMILES string of the molecule is Cn1ccc(CNC(=O)NC(=O)/C=C/C(=O)O)n1. The molecule has 18 heavy (non-hydrogen) atoms. The highest BCUT2D eigenvalue weighted by atomic mass is 16.4. The van der Waals surface area contributed by atoms with Crippen LogP contribution in [0.3, 0.4) is 0 Å². The third kappa shape index (κ3) is 4.92. The number of hydrogen-bond acceptors (Lipinski definition) is 4. The van der Waals surface area contributed by atoms with Crippen LogP contribution in [0.25, 0.3) is 0 Å². The number of hydrogen-bond donors (Lipinski definition) is 3. The summed E-state index contributed by atoms with van der Waals surface area (Å²) < 4.78 is 1.58. The molecule has 8 nitrogen and oxygen atoms in total. The molecule has 0 fully saturated rings.